The number of nitrogens with zero attached hydrogens (tertiary/aromatic N) is 2. The molecule has 0 saturated carbocycles. The zero-order valence-electron chi connectivity index (χ0n) is 11.3. The van der Waals surface area contributed by atoms with Crippen LogP contribution < -0.4 is 16.0 Å². The maximum atomic E-state index is 5.74. The number of aromatic nitrogens is 2. The van der Waals surface area contributed by atoms with Gasteiger partial charge in [0, 0.05) is 11.5 Å². The summed E-state index contributed by atoms with van der Waals surface area (Å²) in [5.74, 6) is 6.19. The minimum absolute atomic E-state index is 0.103. The van der Waals surface area contributed by atoms with Crippen LogP contribution in [0.25, 0.3) is 0 Å². The molecule has 1 heterocycles. The first-order chi connectivity index (χ1) is 9.00. The summed E-state index contributed by atoms with van der Waals surface area (Å²) in [6.07, 6.45) is 0. The lowest BCUT2D eigenvalue weighted by atomic mass is 9.87. The van der Waals surface area contributed by atoms with Crippen molar-refractivity contribution in [1.29, 1.82) is 0 Å². The van der Waals surface area contributed by atoms with Crippen molar-refractivity contribution < 1.29 is 4.74 Å². The molecule has 0 unspecified atom stereocenters. The van der Waals surface area contributed by atoms with E-state index in [4.69, 9.17) is 10.6 Å². The van der Waals surface area contributed by atoms with Crippen molar-refractivity contribution in [2.24, 2.45) is 5.84 Å². The van der Waals surface area contributed by atoms with E-state index in [1.807, 2.05) is 12.1 Å². The molecule has 102 valence electrons. The van der Waals surface area contributed by atoms with Crippen molar-refractivity contribution in [2.75, 3.05) is 5.43 Å². The normalized spacial score (nSPS) is 11.4. The van der Waals surface area contributed by atoms with Crippen molar-refractivity contribution in [1.82, 2.24) is 9.59 Å². The van der Waals surface area contributed by atoms with E-state index in [9.17, 15) is 0 Å². The highest BCUT2D eigenvalue weighted by Gasteiger charge is 2.14. The number of ether oxygens (including phenoxy) is 1. The molecule has 1 aromatic heterocycles. The number of hydrazine groups is 1. The summed E-state index contributed by atoms with van der Waals surface area (Å²) in [6, 6.07) is 8.08. The molecule has 0 spiro atoms. The van der Waals surface area contributed by atoms with Gasteiger partial charge in [-0.3, -0.25) is 0 Å². The summed E-state index contributed by atoms with van der Waals surface area (Å²) < 4.78 is 9.57. The zero-order valence-corrected chi connectivity index (χ0v) is 12.1. The van der Waals surface area contributed by atoms with Crippen LogP contribution in [0.15, 0.2) is 24.3 Å². The Hall–Kier alpha value is -1.66. The monoisotopic (exact) mass is 278 g/mol. The number of anilines is 1. The van der Waals surface area contributed by atoms with Crippen LogP contribution in [-0.2, 0) is 12.0 Å². The number of nitrogen functional groups attached to an aromatic ring is 1. The molecule has 0 aliphatic heterocycles. The van der Waals surface area contributed by atoms with Crippen LogP contribution in [0.4, 0.5) is 5.00 Å². The average Bonchev–Trinajstić information content (AvgIpc) is 2.83. The minimum atomic E-state index is 0.103. The van der Waals surface area contributed by atoms with Crippen molar-refractivity contribution in [3.05, 3.63) is 35.5 Å². The van der Waals surface area contributed by atoms with Crippen LogP contribution in [0, 0.1) is 0 Å². The minimum Gasteiger partial charge on any atom is -0.487 e. The van der Waals surface area contributed by atoms with E-state index in [2.05, 4.69) is 47.9 Å². The van der Waals surface area contributed by atoms with Gasteiger partial charge in [0.1, 0.15) is 18.1 Å². The maximum absolute atomic E-state index is 5.74. The Morgan fingerprint density at radius 2 is 2.16 bits per heavy atom. The van der Waals surface area contributed by atoms with Crippen LogP contribution >= 0.6 is 11.5 Å². The Balaban J connectivity index is 2.08. The summed E-state index contributed by atoms with van der Waals surface area (Å²) in [5, 5.41) is 4.70. The summed E-state index contributed by atoms with van der Waals surface area (Å²) >= 11 is 1.21. The molecule has 0 aliphatic carbocycles. The van der Waals surface area contributed by atoms with Crippen LogP contribution in [-0.4, -0.2) is 9.59 Å². The Labute approximate surface area is 116 Å². The molecule has 1 aromatic carbocycles. The lowest BCUT2D eigenvalue weighted by molar-refractivity contribution is 0.301. The smallest absolute Gasteiger partial charge is 0.150 e. The topological polar surface area (TPSA) is 73.1 Å². The molecule has 0 aliphatic rings. The van der Waals surface area contributed by atoms with Gasteiger partial charge in [0.25, 0.3) is 0 Å². The maximum Gasteiger partial charge on any atom is 0.150 e. The second-order valence-corrected chi connectivity index (χ2v) is 6.01. The van der Waals surface area contributed by atoms with Gasteiger partial charge in [0.2, 0.25) is 0 Å². The van der Waals surface area contributed by atoms with Crippen LogP contribution in [0.5, 0.6) is 5.75 Å². The van der Waals surface area contributed by atoms with E-state index in [-0.39, 0.29) is 5.41 Å². The quantitative estimate of drug-likeness (QED) is 0.664. The molecule has 5 nitrogen and oxygen atoms in total. The molecule has 2 aromatic rings. The molecule has 2 rings (SSSR count). The third-order valence-corrected chi connectivity index (χ3v) is 3.46. The predicted octanol–water partition coefficient (Wildman–Crippen LogP) is 2.70. The van der Waals surface area contributed by atoms with Crippen LogP contribution in [0.1, 0.15) is 32.0 Å². The number of benzene rings is 1. The van der Waals surface area contributed by atoms with Gasteiger partial charge in [-0.15, -0.1) is 5.10 Å². The molecule has 0 amide bonds. The van der Waals surface area contributed by atoms with Gasteiger partial charge in [0.15, 0.2) is 5.00 Å². The molecule has 6 heteroatoms. The van der Waals surface area contributed by atoms with Crippen LogP contribution in [0.2, 0.25) is 0 Å². The first kappa shape index (κ1) is 13.8. The molecular weight excluding hydrogens is 260 g/mol. The predicted molar refractivity (Wildman–Crippen MR) is 77.2 cm³/mol. The number of nitrogens with two attached hydrogens (primary N) is 1. The third kappa shape index (κ3) is 3.42. The molecule has 0 fully saturated rings. The third-order valence-electron chi connectivity index (χ3n) is 2.76. The Morgan fingerprint density at radius 1 is 1.37 bits per heavy atom. The lowest BCUT2D eigenvalue weighted by Gasteiger charge is -2.19. The SMILES string of the molecule is CC(C)(C)c1cccc(OCc2nnsc2NN)c1. The number of hydrogen-bond acceptors (Lipinski definition) is 6. The summed E-state index contributed by atoms with van der Waals surface area (Å²) in [4.78, 5) is 0. The first-order valence-electron chi connectivity index (χ1n) is 6.02. The molecule has 0 saturated heterocycles. The van der Waals surface area contributed by atoms with Gasteiger partial charge in [-0.05, 0) is 23.1 Å². The zero-order chi connectivity index (χ0) is 13.9. The van der Waals surface area contributed by atoms with E-state index in [1.165, 1.54) is 17.1 Å². The van der Waals surface area contributed by atoms with Gasteiger partial charge >= 0.3 is 0 Å². The van der Waals surface area contributed by atoms with Crippen molar-refractivity contribution in [3.8, 4) is 5.75 Å². The highest BCUT2D eigenvalue weighted by molar-refractivity contribution is 7.10. The fourth-order valence-electron chi connectivity index (χ4n) is 1.62. The molecule has 3 N–H and O–H groups in total. The number of hydrogen-bond donors (Lipinski definition) is 2. The van der Waals surface area contributed by atoms with Gasteiger partial charge in [0.05, 0.1) is 0 Å². The van der Waals surface area contributed by atoms with Gasteiger partial charge in [-0.1, -0.05) is 37.4 Å². The second-order valence-electron chi connectivity index (χ2n) is 5.26. The van der Waals surface area contributed by atoms with Gasteiger partial charge in [-0.2, -0.15) is 0 Å². The Morgan fingerprint density at radius 3 is 2.84 bits per heavy atom. The fraction of sp³-hybridized carbons (Fsp3) is 0.385. The largest absolute Gasteiger partial charge is 0.487 e. The van der Waals surface area contributed by atoms with Crippen molar-refractivity contribution >= 4 is 16.5 Å². The van der Waals surface area contributed by atoms with Crippen molar-refractivity contribution in [2.45, 2.75) is 32.8 Å². The summed E-state index contributed by atoms with van der Waals surface area (Å²) in [6.45, 7) is 6.87. The molecule has 0 radical (unpaired) electrons. The van der Waals surface area contributed by atoms with E-state index in [1.54, 1.807) is 0 Å². The highest BCUT2D eigenvalue weighted by Crippen LogP contribution is 2.26. The van der Waals surface area contributed by atoms with Crippen LogP contribution in [0.3, 0.4) is 0 Å². The van der Waals surface area contributed by atoms with E-state index < -0.39 is 0 Å². The molecular formula is C13H18N4OS. The molecule has 0 atom stereocenters. The van der Waals surface area contributed by atoms with Crippen molar-refractivity contribution in [3.63, 3.8) is 0 Å². The molecule has 0 bridgehead atoms. The number of nitrogens with one attached hydrogen (secondary N) is 1. The summed E-state index contributed by atoms with van der Waals surface area (Å²) in [5.41, 5.74) is 4.61. The standard InChI is InChI=1S/C13H18N4OS/c1-13(2,3)9-5-4-6-10(7-9)18-8-11-12(15-14)19-17-16-11/h4-7,15H,8,14H2,1-3H3. The Kier molecular flexibility index (Phi) is 4.01. The fourth-order valence-corrected chi connectivity index (χ4v) is 2.10. The number of rotatable bonds is 4. The lowest BCUT2D eigenvalue weighted by Crippen LogP contribution is -2.11. The highest BCUT2D eigenvalue weighted by atomic mass is 32.1. The van der Waals surface area contributed by atoms with Gasteiger partial charge < -0.3 is 10.2 Å². The second kappa shape index (κ2) is 5.54. The Bertz CT molecular complexity index is 548. The van der Waals surface area contributed by atoms with Gasteiger partial charge in [-0.25, -0.2) is 5.84 Å². The molecule has 19 heavy (non-hydrogen) atoms. The van der Waals surface area contributed by atoms with E-state index >= 15 is 0 Å². The average molecular weight is 278 g/mol. The first-order valence-corrected chi connectivity index (χ1v) is 6.79. The summed E-state index contributed by atoms with van der Waals surface area (Å²) in [7, 11) is 0. The van der Waals surface area contributed by atoms with E-state index in [0.717, 1.165) is 10.8 Å². The van der Waals surface area contributed by atoms with E-state index in [0.29, 0.717) is 12.3 Å².